The first-order chi connectivity index (χ1) is 8.65. The minimum Gasteiger partial charge on any atom is -0.504 e. The summed E-state index contributed by atoms with van der Waals surface area (Å²) in [5, 5.41) is 10.4. The topological polar surface area (TPSA) is 38.7 Å². The van der Waals surface area contributed by atoms with Gasteiger partial charge in [-0.05, 0) is 35.9 Å². The normalized spacial score (nSPS) is 10.2. The van der Waals surface area contributed by atoms with Gasteiger partial charge >= 0.3 is 0 Å². The van der Waals surface area contributed by atoms with Gasteiger partial charge in [-0.3, -0.25) is 0 Å². The molecule has 3 nitrogen and oxygen atoms in total. The average Bonchev–Trinajstić information content (AvgIpc) is 2.38. The fourth-order valence-electron chi connectivity index (χ4n) is 1.76. The van der Waals surface area contributed by atoms with Crippen LogP contribution in [0.3, 0.4) is 0 Å². The second-order valence-corrected chi connectivity index (χ2v) is 4.17. The molecule has 0 atom stereocenters. The standard InChI is InChI=1S/C14H13ClO3/c1-17-13-6-4-10(15)8-11(13)9-3-5-14(18-2)12(16)7-9/h3-8,16H,1-2H3. The molecule has 0 amide bonds. The van der Waals surface area contributed by atoms with E-state index in [-0.39, 0.29) is 5.75 Å². The van der Waals surface area contributed by atoms with Gasteiger partial charge in [0, 0.05) is 10.6 Å². The molecule has 2 aromatic rings. The minimum atomic E-state index is 0.0806. The van der Waals surface area contributed by atoms with Crippen molar-refractivity contribution in [2.45, 2.75) is 0 Å². The van der Waals surface area contributed by atoms with Crippen molar-refractivity contribution >= 4 is 11.6 Å². The average molecular weight is 265 g/mol. The number of phenolic OH excluding ortho intramolecular Hbond substituents is 1. The molecule has 0 aromatic heterocycles. The molecule has 4 heteroatoms. The van der Waals surface area contributed by atoms with Crippen LogP contribution in [0.4, 0.5) is 0 Å². The van der Waals surface area contributed by atoms with Gasteiger partial charge in [0.1, 0.15) is 5.75 Å². The van der Waals surface area contributed by atoms with Gasteiger partial charge in [0.15, 0.2) is 11.5 Å². The third kappa shape index (κ3) is 2.36. The molecule has 0 saturated heterocycles. The Morgan fingerprint density at radius 3 is 2.22 bits per heavy atom. The summed E-state index contributed by atoms with van der Waals surface area (Å²) in [5.41, 5.74) is 1.63. The Labute approximate surface area is 111 Å². The Hall–Kier alpha value is -1.87. The Balaban J connectivity index is 2.54. The van der Waals surface area contributed by atoms with Crippen molar-refractivity contribution in [2.24, 2.45) is 0 Å². The first kappa shape index (κ1) is 12.6. The first-order valence-electron chi connectivity index (χ1n) is 5.36. The van der Waals surface area contributed by atoms with Crippen LogP contribution >= 0.6 is 11.6 Å². The molecule has 0 aliphatic heterocycles. The molecule has 0 spiro atoms. The van der Waals surface area contributed by atoms with Gasteiger partial charge < -0.3 is 14.6 Å². The highest BCUT2D eigenvalue weighted by Crippen LogP contribution is 2.36. The summed E-state index contributed by atoms with van der Waals surface area (Å²) in [6, 6.07) is 10.5. The number of phenols is 1. The Morgan fingerprint density at radius 2 is 1.61 bits per heavy atom. The summed E-state index contributed by atoms with van der Waals surface area (Å²) < 4.78 is 10.3. The molecule has 2 rings (SSSR count). The van der Waals surface area contributed by atoms with Crippen molar-refractivity contribution in [3.63, 3.8) is 0 Å². The van der Waals surface area contributed by atoms with Crippen LogP contribution < -0.4 is 9.47 Å². The van der Waals surface area contributed by atoms with Crippen LogP contribution in [0.15, 0.2) is 36.4 Å². The van der Waals surface area contributed by atoms with E-state index in [9.17, 15) is 5.11 Å². The van der Waals surface area contributed by atoms with E-state index >= 15 is 0 Å². The van der Waals surface area contributed by atoms with Crippen LogP contribution in [0.25, 0.3) is 11.1 Å². The van der Waals surface area contributed by atoms with E-state index in [2.05, 4.69) is 0 Å². The number of halogens is 1. The highest BCUT2D eigenvalue weighted by Gasteiger charge is 2.09. The molecular weight excluding hydrogens is 252 g/mol. The number of hydrogen-bond acceptors (Lipinski definition) is 3. The lowest BCUT2D eigenvalue weighted by atomic mass is 10.0. The predicted molar refractivity (Wildman–Crippen MR) is 71.7 cm³/mol. The highest BCUT2D eigenvalue weighted by atomic mass is 35.5. The molecule has 0 aliphatic rings. The van der Waals surface area contributed by atoms with Crippen LogP contribution in [0.1, 0.15) is 0 Å². The van der Waals surface area contributed by atoms with Crippen molar-refractivity contribution in [2.75, 3.05) is 14.2 Å². The number of rotatable bonds is 3. The molecule has 0 radical (unpaired) electrons. The summed E-state index contributed by atoms with van der Waals surface area (Å²) in [6.45, 7) is 0. The monoisotopic (exact) mass is 264 g/mol. The van der Waals surface area contributed by atoms with Crippen LogP contribution in [0.5, 0.6) is 17.2 Å². The van der Waals surface area contributed by atoms with E-state index < -0.39 is 0 Å². The van der Waals surface area contributed by atoms with Gasteiger partial charge in [0.2, 0.25) is 0 Å². The zero-order valence-electron chi connectivity index (χ0n) is 10.1. The molecule has 1 N–H and O–H groups in total. The quantitative estimate of drug-likeness (QED) is 0.918. The number of ether oxygens (including phenoxy) is 2. The van der Waals surface area contributed by atoms with Gasteiger partial charge in [0.05, 0.1) is 14.2 Å². The van der Waals surface area contributed by atoms with E-state index in [4.69, 9.17) is 21.1 Å². The maximum atomic E-state index is 9.79. The van der Waals surface area contributed by atoms with Gasteiger partial charge in [-0.2, -0.15) is 0 Å². The van der Waals surface area contributed by atoms with Crippen molar-refractivity contribution in [3.05, 3.63) is 41.4 Å². The van der Waals surface area contributed by atoms with Gasteiger partial charge in [-0.25, -0.2) is 0 Å². The lowest BCUT2D eigenvalue weighted by Gasteiger charge is -2.10. The molecule has 94 valence electrons. The van der Waals surface area contributed by atoms with Crippen LogP contribution in [-0.2, 0) is 0 Å². The van der Waals surface area contributed by atoms with Crippen LogP contribution in [0.2, 0.25) is 5.02 Å². The molecular formula is C14H13ClO3. The smallest absolute Gasteiger partial charge is 0.160 e. The van der Waals surface area contributed by atoms with Crippen LogP contribution in [-0.4, -0.2) is 19.3 Å². The molecule has 18 heavy (non-hydrogen) atoms. The Kier molecular flexibility index (Phi) is 3.63. The van der Waals surface area contributed by atoms with Crippen molar-refractivity contribution in [1.29, 1.82) is 0 Å². The minimum absolute atomic E-state index is 0.0806. The second kappa shape index (κ2) is 5.19. The van der Waals surface area contributed by atoms with Crippen LogP contribution in [0, 0.1) is 0 Å². The fourth-order valence-corrected chi connectivity index (χ4v) is 1.94. The maximum absolute atomic E-state index is 9.79. The summed E-state index contributed by atoms with van der Waals surface area (Å²) in [5.74, 6) is 1.21. The fraction of sp³-hybridized carbons (Fsp3) is 0.143. The van der Waals surface area contributed by atoms with Crippen molar-refractivity contribution in [3.8, 4) is 28.4 Å². The zero-order chi connectivity index (χ0) is 13.1. The maximum Gasteiger partial charge on any atom is 0.160 e. The van der Waals surface area contributed by atoms with E-state index in [1.54, 1.807) is 37.4 Å². The molecule has 0 saturated carbocycles. The van der Waals surface area contributed by atoms with E-state index in [1.807, 2.05) is 6.07 Å². The lowest BCUT2D eigenvalue weighted by Crippen LogP contribution is -1.89. The summed E-state index contributed by atoms with van der Waals surface area (Å²) in [6.07, 6.45) is 0. The number of hydrogen-bond donors (Lipinski definition) is 1. The molecule has 0 heterocycles. The molecule has 0 unspecified atom stereocenters. The summed E-state index contributed by atoms with van der Waals surface area (Å²) in [7, 11) is 3.10. The Bertz CT molecular complexity index is 567. The highest BCUT2D eigenvalue weighted by molar-refractivity contribution is 6.31. The predicted octanol–water partition coefficient (Wildman–Crippen LogP) is 3.73. The third-order valence-electron chi connectivity index (χ3n) is 2.65. The molecule has 0 fully saturated rings. The van der Waals surface area contributed by atoms with E-state index in [0.29, 0.717) is 16.5 Å². The van der Waals surface area contributed by atoms with E-state index in [1.165, 1.54) is 7.11 Å². The van der Waals surface area contributed by atoms with Gasteiger partial charge in [0.25, 0.3) is 0 Å². The van der Waals surface area contributed by atoms with Crippen molar-refractivity contribution in [1.82, 2.24) is 0 Å². The molecule has 0 aliphatic carbocycles. The van der Waals surface area contributed by atoms with Gasteiger partial charge in [-0.1, -0.05) is 17.7 Å². The Morgan fingerprint density at radius 1 is 0.944 bits per heavy atom. The SMILES string of the molecule is COc1ccc(-c2cc(Cl)ccc2OC)cc1O. The molecule has 2 aromatic carbocycles. The number of aromatic hydroxyl groups is 1. The number of methoxy groups -OCH3 is 2. The first-order valence-corrected chi connectivity index (χ1v) is 5.74. The zero-order valence-corrected chi connectivity index (χ0v) is 10.9. The van der Waals surface area contributed by atoms with Crippen molar-refractivity contribution < 1.29 is 14.6 Å². The number of benzene rings is 2. The van der Waals surface area contributed by atoms with Gasteiger partial charge in [-0.15, -0.1) is 0 Å². The lowest BCUT2D eigenvalue weighted by molar-refractivity contribution is 0.373. The summed E-state index contributed by atoms with van der Waals surface area (Å²) in [4.78, 5) is 0. The third-order valence-corrected chi connectivity index (χ3v) is 2.89. The largest absolute Gasteiger partial charge is 0.504 e. The second-order valence-electron chi connectivity index (χ2n) is 3.73. The summed E-state index contributed by atoms with van der Waals surface area (Å²) >= 11 is 5.98. The molecule has 0 bridgehead atoms. The van der Waals surface area contributed by atoms with E-state index in [0.717, 1.165) is 11.1 Å².